The molecule has 0 atom stereocenters. The third-order valence-corrected chi connectivity index (χ3v) is 6.67. The first-order valence-corrected chi connectivity index (χ1v) is 10.3. The zero-order valence-electron chi connectivity index (χ0n) is 15.6. The van der Waals surface area contributed by atoms with Crippen molar-refractivity contribution < 1.29 is 30.7 Å². The van der Waals surface area contributed by atoms with Gasteiger partial charge in [0.05, 0.1) is 17.6 Å². The lowest BCUT2D eigenvalue weighted by Crippen LogP contribution is -2.48. The van der Waals surface area contributed by atoms with Gasteiger partial charge in [-0.25, -0.2) is 12.8 Å². The van der Waals surface area contributed by atoms with Gasteiger partial charge in [0, 0.05) is 32.7 Å². The molecular formula is C19H20F4N2O3S. The van der Waals surface area contributed by atoms with Gasteiger partial charge in [0.2, 0.25) is 10.0 Å². The number of halogens is 4. The lowest BCUT2D eigenvalue weighted by Gasteiger charge is -2.34. The Hall–Kier alpha value is -2.17. The largest absolute Gasteiger partial charge is 0.497 e. The number of ether oxygens (including phenoxy) is 1. The highest BCUT2D eigenvalue weighted by Gasteiger charge is 2.36. The molecule has 0 amide bonds. The van der Waals surface area contributed by atoms with Crippen LogP contribution in [0.5, 0.6) is 5.75 Å². The van der Waals surface area contributed by atoms with Crippen LogP contribution in [0.4, 0.5) is 17.6 Å². The van der Waals surface area contributed by atoms with E-state index in [1.807, 2.05) is 24.3 Å². The molecule has 3 rings (SSSR count). The highest BCUT2D eigenvalue weighted by Crippen LogP contribution is 2.33. The average molecular weight is 432 g/mol. The topological polar surface area (TPSA) is 49.9 Å². The fourth-order valence-electron chi connectivity index (χ4n) is 3.15. The molecule has 0 aromatic heterocycles. The van der Waals surface area contributed by atoms with Crippen LogP contribution in [0.15, 0.2) is 47.4 Å². The van der Waals surface area contributed by atoms with Crippen LogP contribution in [0.2, 0.25) is 0 Å². The molecular weight excluding hydrogens is 412 g/mol. The molecule has 2 aromatic rings. The quantitative estimate of drug-likeness (QED) is 0.680. The highest BCUT2D eigenvalue weighted by molar-refractivity contribution is 7.89. The highest BCUT2D eigenvalue weighted by atomic mass is 32.2. The van der Waals surface area contributed by atoms with Crippen LogP contribution in [-0.2, 0) is 22.7 Å². The summed E-state index contributed by atoms with van der Waals surface area (Å²) in [5.41, 5.74) is -0.549. The Morgan fingerprint density at radius 2 is 1.62 bits per heavy atom. The lowest BCUT2D eigenvalue weighted by molar-refractivity contribution is -0.140. The predicted molar refractivity (Wildman–Crippen MR) is 98.4 cm³/mol. The van der Waals surface area contributed by atoms with Crippen molar-refractivity contribution in [1.82, 2.24) is 9.21 Å². The molecule has 1 saturated heterocycles. The van der Waals surface area contributed by atoms with Crippen molar-refractivity contribution in [2.45, 2.75) is 17.6 Å². The molecule has 29 heavy (non-hydrogen) atoms. The van der Waals surface area contributed by atoms with Crippen LogP contribution in [0.3, 0.4) is 0 Å². The minimum absolute atomic E-state index is 0.136. The summed E-state index contributed by atoms with van der Waals surface area (Å²) in [5.74, 6) is -0.761. The van der Waals surface area contributed by atoms with Gasteiger partial charge in [-0.05, 0) is 35.9 Å². The third-order valence-electron chi connectivity index (χ3n) is 4.78. The van der Waals surface area contributed by atoms with Crippen LogP contribution in [0.25, 0.3) is 0 Å². The van der Waals surface area contributed by atoms with Gasteiger partial charge in [0.1, 0.15) is 11.6 Å². The third kappa shape index (κ3) is 4.88. The summed E-state index contributed by atoms with van der Waals surface area (Å²) < 4.78 is 83.8. The van der Waals surface area contributed by atoms with Crippen molar-refractivity contribution in [3.63, 3.8) is 0 Å². The van der Waals surface area contributed by atoms with Gasteiger partial charge in [0.25, 0.3) is 0 Å². The van der Waals surface area contributed by atoms with Gasteiger partial charge in [-0.3, -0.25) is 4.90 Å². The molecule has 2 aromatic carbocycles. The van der Waals surface area contributed by atoms with Gasteiger partial charge in [0.15, 0.2) is 0 Å². The Balaban J connectivity index is 1.68. The molecule has 0 bridgehead atoms. The molecule has 0 radical (unpaired) electrons. The fourth-order valence-corrected chi connectivity index (χ4v) is 4.60. The number of hydrogen-bond acceptors (Lipinski definition) is 4. The zero-order valence-corrected chi connectivity index (χ0v) is 16.4. The van der Waals surface area contributed by atoms with Gasteiger partial charge >= 0.3 is 6.18 Å². The van der Waals surface area contributed by atoms with Crippen molar-refractivity contribution >= 4 is 10.0 Å². The van der Waals surface area contributed by atoms with Crippen molar-refractivity contribution in [3.05, 3.63) is 59.4 Å². The van der Waals surface area contributed by atoms with Crippen molar-refractivity contribution in [3.8, 4) is 5.75 Å². The van der Waals surface area contributed by atoms with Gasteiger partial charge in [-0.15, -0.1) is 0 Å². The maximum atomic E-state index is 13.5. The van der Waals surface area contributed by atoms with E-state index in [4.69, 9.17) is 4.74 Å². The number of sulfonamides is 1. The smallest absolute Gasteiger partial charge is 0.419 e. The minimum atomic E-state index is -4.97. The van der Waals surface area contributed by atoms with Crippen molar-refractivity contribution in [1.29, 1.82) is 0 Å². The summed E-state index contributed by atoms with van der Waals surface area (Å²) in [6.45, 7) is 1.75. The first-order valence-electron chi connectivity index (χ1n) is 8.83. The Labute approximate surface area is 166 Å². The van der Waals surface area contributed by atoms with Crippen molar-refractivity contribution in [2.75, 3.05) is 33.3 Å². The lowest BCUT2D eigenvalue weighted by atomic mass is 10.2. The van der Waals surface area contributed by atoms with E-state index in [9.17, 15) is 26.0 Å². The predicted octanol–water partition coefficient (Wildman–Crippen LogP) is 3.36. The molecule has 1 fully saturated rings. The first kappa shape index (κ1) is 21.5. The molecule has 0 N–H and O–H groups in total. The number of piperazine rings is 1. The average Bonchev–Trinajstić information content (AvgIpc) is 2.68. The summed E-state index contributed by atoms with van der Waals surface area (Å²) in [6.07, 6.45) is -4.97. The summed E-state index contributed by atoms with van der Waals surface area (Å²) in [7, 11) is -2.57. The van der Waals surface area contributed by atoms with Gasteiger partial charge < -0.3 is 4.74 Å². The second-order valence-corrected chi connectivity index (χ2v) is 8.61. The van der Waals surface area contributed by atoms with Crippen LogP contribution in [0.1, 0.15) is 11.1 Å². The van der Waals surface area contributed by atoms with Crippen LogP contribution < -0.4 is 4.74 Å². The number of methoxy groups -OCH3 is 1. The molecule has 5 nitrogen and oxygen atoms in total. The molecule has 1 aliphatic heterocycles. The summed E-state index contributed by atoms with van der Waals surface area (Å²) >= 11 is 0. The summed E-state index contributed by atoms with van der Waals surface area (Å²) in [4.78, 5) is 1.49. The molecule has 0 unspecified atom stereocenters. The summed E-state index contributed by atoms with van der Waals surface area (Å²) in [6, 6.07) is 9.26. The number of hydrogen-bond donors (Lipinski definition) is 0. The van der Waals surface area contributed by atoms with E-state index in [-0.39, 0.29) is 13.1 Å². The standard InChI is InChI=1S/C19H20F4N2O3S/c1-28-15-4-2-14(3-5-15)13-24-8-10-25(11-9-24)29(26,27)16-6-7-18(20)17(12-16)19(21,22)23/h2-7,12H,8-11,13H2,1H3. The number of rotatable bonds is 5. The van der Waals surface area contributed by atoms with Crippen LogP contribution in [-0.4, -0.2) is 50.9 Å². The number of nitrogens with zero attached hydrogens (tertiary/aromatic N) is 2. The SMILES string of the molecule is COc1ccc(CN2CCN(S(=O)(=O)c3ccc(F)c(C(F)(F)F)c3)CC2)cc1. The molecule has 10 heteroatoms. The Morgan fingerprint density at radius 3 is 2.17 bits per heavy atom. The maximum absolute atomic E-state index is 13.5. The number of alkyl halides is 3. The van der Waals surface area contributed by atoms with E-state index in [0.29, 0.717) is 31.8 Å². The molecule has 158 valence electrons. The van der Waals surface area contributed by atoms with E-state index >= 15 is 0 Å². The monoisotopic (exact) mass is 432 g/mol. The molecule has 0 saturated carbocycles. The molecule has 0 aliphatic carbocycles. The zero-order chi connectivity index (χ0) is 21.2. The molecule has 1 heterocycles. The Morgan fingerprint density at radius 1 is 1.00 bits per heavy atom. The summed E-state index contributed by atoms with van der Waals surface area (Å²) in [5, 5.41) is 0. The minimum Gasteiger partial charge on any atom is -0.497 e. The van der Waals surface area contributed by atoms with Crippen LogP contribution >= 0.6 is 0 Å². The van der Waals surface area contributed by atoms with Crippen LogP contribution in [0, 0.1) is 5.82 Å². The van der Waals surface area contributed by atoms with Gasteiger partial charge in [-0.2, -0.15) is 17.5 Å². The normalized spacial score (nSPS) is 16.7. The number of benzene rings is 2. The second kappa shape index (κ2) is 8.29. The van der Waals surface area contributed by atoms with E-state index in [2.05, 4.69) is 4.90 Å². The van der Waals surface area contributed by atoms with E-state index in [1.165, 1.54) is 0 Å². The second-order valence-electron chi connectivity index (χ2n) is 6.67. The first-order chi connectivity index (χ1) is 13.6. The van der Waals surface area contributed by atoms with E-state index < -0.39 is 32.5 Å². The Bertz CT molecular complexity index is 954. The molecule has 0 spiro atoms. The van der Waals surface area contributed by atoms with E-state index in [1.54, 1.807) is 7.11 Å². The molecule has 1 aliphatic rings. The fraction of sp³-hybridized carbons (Fsp3) is 0.368. The van der Waals surface area contributed by atoms with E-state index in [0.717, 1.165) is 21.7 Å². The van der Waals surface area contributed by atoms with Gasteiger partial charge in [-0.1, -0.05) is 12.1 Å². The van der Waals surface area contributed by atoms with Crippen molar-refractivity contribution in [2.24, 2.45) is 0 Å². The maximum Gasteiger partial charge on any atom is 0.419 e. The Kier molecular flexibility index (Phi) is 6.16.